The van der Waals surface area contributed by atoms with Gasteiger partial charge in [0.15, 0.2) is 0 Å². The Bertz CT molecular complexity index is 649. The van der Waals surface area contributed by atoms with E-state index < -0.39 is 0 Å². The molecule has 23 heavy (non-hydrogen) atoms. The summed E-state index contributed by atoms with van der Waals surface area (Å²) in [4.78, 5) is 20.9. The van der Waals surface area contributed by atoms with Gasteiger partial charge in [-0.2, -0.15) is 4.98 Å². The third-order valence-electron chi connectivity index (χ3n) is 3.17. The van der Waals surface area contributed by atoms with Gasteiger partial charge in [0, 0.05) is 19.4 Å². The fourth-order valence-corrected chi connectivity index (χ4v) is 2.05. The maximum Gasteiger partial charge on any atom is 0.257 e. The van der Waals surface area contributed by atoms with E-state index in [4.69, 9.17) is 14.2 Å². The SMILES string of the molecule is COC[C@H](NC(=O)c1ccc(OC)nc1OC)c1ccccn1. The third-order valence-corrected chi connectivity index (χ3v) is 3.17. The molecule has 1 amide bonds. The van der Waals surface area contributed by atoms with Crippen molar-refractivity contribution in [2.75, 3.05) is 27.9 Å². The number of hydrogen-bond donors (Lipinski definition) is 1. The number of nitrogens with zero attached hydrogens (tertiary/aromatic N) is 2. The quantitative estimate of drug-likeness (QED) is 0.835. The number of hydrogen-bond acceptors (Lipinski definition) is 6. The fourth-order valence-electron chi connectivity index (χ4n) is 2.05. The summed E-state index contributed by atoms with van der Waals surface area (Å²) in [6.45, 7) is 0.300. The standard InChI is InChI=1S/C16H19N3O4/c1-21-10-13(12-6-4-5-9-17-12)18-15(20)11-7-8-14(22-2)19-16(11)23-3/h4-9,13H,10H2,1-3H3,(H,18,20)/t13-/m0/s1. The van der Waals surface area contributed by atoms with E-state index >= 15 is 0 Å². The Morgan fingerprint density at radius 2 is 2.00 bits per heavy atom. The molecule has 7 heteroatoms. The van der Waals surface area contributed by atoms with Gasteiger partial charge in [0.2, 0.25) is 11.8 Å². The molecule has 0 radical (unpaired) electrons. The van der Waals surface area contributed by atoms with E-state index in [0.29, 0.717) is 23.7 Å². The van der Waals surface area contributed by atoms with Crippen LogP contribution in [0.5, 0.6) is 11.8 Å². The number of amides is 1. The van der Waals surface area contributed by atoms with E-state index in [0.717, 1.165) is 0 Å². The number of rotatable bonds is 7. The molecular weight excluding hydrogens is 298 g/mol. The lowest BCUT2D eigenvalue weighted by molar-refractivity contribution is 0.0890. The molecule has 0 aliphatic carbocycles. The van der Waals surface area contributed by atoms with Crippen LogP contribution in [0.1, 0.15) is 22.1 Å². The Morgan fingerprint density at radius 1 is 1.17 bits per heavy atom. The molecule has 1 atom stereocenters. The summed E-state index contributed by atoms with van der Waals surface area (Å²) < 4.78 is 15.4. The lowest BCUT2D eigenvalue weighted by atomic mass is 10.1. The van der Waals surface area contributed by atoms with Crippen LogP contribution in [0.3, 0.4) is 0 Å². The summed E-state index contributed by atoms with van der Waals surface area (Å²) in [6, 6.07) is 8.32. The fraction of sp³-hybridized carbons (Fsp3) is 0.312. The van der Waals surface area contributed by atoms with E-state index in [2.05, 4.69) is 15.3 Å². The number of pyridine rings is 2. The zero-order chi connectivity index (χ0) is 16.7. The molecule has 2 rings (SSSR count). The molecule has 0 saturated heterocycles. The molecule has 122 valence electrons. The summed E-state index contributed by atoms with van der Waals surface area (Å²) in [5.41, 5.74) is 1.02. The van der Waals surface area contributed by atoms with E-state index in [1.165, 1.54) is 14.2 Å². The summed E-state index contributed by atoms with van der Waals surface area (Å²) >= 11 is 0. The largest absolute Gasteiger partial charge is 0.481 e. The van der Waals surface area contributed by atoms with Crippen LogP contribution in [0.4, 0.5) is 0 Å². The van der Waals surface area contributed by atoms with E-state index in [9.17, 15) is 4.79 Å². The van der Waals surface area contributed by atoms with E-state index in [1.54, 1.807) is 25.4 Å². The van der Waals surface area contributed by atoms with Gasteiger partial charge in [0.1, 0.15) is 5.56 Å². The van der Waals surface area contributed by atoms with Crippen molar-refractivity contribution in [2.24, 2.45) is 0 Å². The molecule has 0 aliphatic heterocycles. The molecule has 0 saturated carbocycles. The van der Waals surface area contributed by atoms with Crippen LogP contribution in [-0.4, -0.2) is 43.8 Å². The summed E-state index contributed by atoms with van der Waals surface area (Å²) in [7, 11) is 4.51. The van der Waals surface area contributed by atoms with Crippen LogP contribution >= 0.6 is 0 Å². The van der Waals surface area contributed by atoms with Crippen molar-refractivity contribution >= 4 is 5.91 Å². The predicted octanol–water partition coefficient (Wildman–Crippen LogP) is 1.61. The topological polar surface area (TPSA) is 82.6 Å². The van der Waals surface area contributed by atoms with Crippen LogP contribution < -0.4 is 14.8 Å². The summed E-state index contributed by atoms with van der Waals surface area (Å²) in [6.07, 6.45) is 1.67. The highest BCUT2D eigenvalue weighted by Gasteiger charge is 2.20. The van der Waals surface area contributed by atoms with Crippen LogP contribution in [0.25, 0.3) is 0 Å². The third kappa shape index (κ3) is 4.17. The van der Waals surface area contributed by atoms with Crippen molar-refractivity contribution in [1.29, 1.82) is 0 Å². The lowest BCUT2D eigenvalue weighted by Crippen LogP contribution is -2.32. The van der Waals surface area contributed by atoms with Crippen molar-refractivity contribution in [2.45, 2.75) is 6.04 Å². The van der Waals surface area contributed by atoms with Gasteiger partial charge in [-0.1, -0.05) is 6.07 Å². The highest BCUT2D eigenvalue weighted by Crippen LogP contribution is 2.21. The molecule has 0 fully saturated rings. The number of carbonyl (C=O) groups excluding carboxylic acids is 1. The number of ether oxygens (including phenoxy) is 3. The van der Waals surface area contributed by atoms with Gasteiger partial charge in [-0.05, 0) is 18.2 Å². The molecule has 0 aromatic carbocycles. The van der Waals surface area contributed by atoms with Gasteiger partial charge in [0.25, 0.3) is 5.91 Å². The smallest absolute Gasteiger partial charge is 0.257 e. The van der Waals surface area contributed by atoms with Crippen LogP contribution in [0, 0.1) is 0 Å². The number of nitrogens with one attached hydrogen (secondary N) is 1. The molecule has 1 N–H and O–H groups in total. The molecule has 2 aromatic heterocycles. The van der Waals surface area contributed by atoms with Crippen LogP contribution in [0.2, 0.25) is 0 Å². The predicted molar refractivity (Wildman–Crippen MR) is 83.7 cm³/mol. The van der Waals surface area contributed by atoms with Crippen molar-refractivity contribution in [3.8, 4) is 11.8 Å². The van der Waals surface area contributed by atoms with Gasteiger partial charge in [-0.15, -0.1) is 0 Å². The highest BCUT2D eigenvalue weighted by molar-refractivity contribution is 5.96. The average Bonchev–Trinajstić information content (AvgIpc) is 2.61. The van der Waals surface area contributed by atoms with Crippen LogP contribution in [-0.2, 0) is 4.74 Å². The van der Waals surface area contributed by atoms with E-state index in [1.807, 2.05) is 18.2 Å². The lowest BCUT2D eigenvalue weighted by Gasteiger charge is -2.18. The Balaban J connectivity index is 2.22. The molecule has 2 heterocycles. The summed E-state index contributed by atoms with van der Waals surface area (Å²) in [5, 5.41) is 2.88. The number of carbonyl (C=O) groups is 1. The molecular formula is C16H19N3O4. The first-order chi connectivity index (χ1) is 11.2. The minimum Gasteiger partial charge on any atom is -0.481 e. The maximum atomic E-state index is 12.5. The van der Waals surface area contributed by atoms with Gasteiger partial charge in [-0.25, -0.2) is 0 Å². The first kappa shape index (κ1) is 16.7. The molecule has 0 aliphatic rings. The number of methoxy groups -OCH3 is 3. The van der Waals surface area contributed by atoms with Crippen molar-refractivity contribution in [3.05, 3.63) is 47.8 Å². The minimum atomic E-state index is -0.375. The molecule has 0 bridgehead atoms. The van der Waals surface area contributed by atoms with Gasteiger partial charge >= 0.3 is 0 Å². The van der Waals surface area contributed by atoms with Crippen LogP contribution in [0.15, 0.2) is 36.5 Å². The van der Waals surface area contributed by atoms with Gasteiger partial charge < -0.3 is 19.5 Å². The normalized spacial score (nSPS) is 11.6. The zero-order valence-corrected chi connectivity index (χ0v) is 13.3. The monoisotopic (exact) mass is 317 g/mol. The highest BCUT2D eigenvalue weighted by atomic mass is 16.5. The van der Waals surface area contributed by atoms with Gasteiger partial charge in [-0.3, -0.25) is 9.78 Å². The first-order valence-electron chi connectivity index (χ1n) is 6.99. The zero-order valence-electron chi connectivity index (χ0n) is 13.3. The van der Waals surface area contributed by atoms with Crippen molar-refractivity contribution in [3.63, 3.8) is 0 Å². The summed E-state index contributed by atoms with van der Waals surface area (Å²) in [5.74, 6) is 0.236. The Kier molecular flexibility index (Phi) is 5.87. The molecule has 0 spiro atoms. The number of aromatic nitrogens is 2. The Hall–Kier alpha value is -2.67. The van der Waals surface area contributed by atoms with Crippen molar-refractivity contribution in [1.82, 2.24) is 15.3 Å². The minimum absolute atomic E-state index is 0.194. The Morgan fingerprint density at radius 3 is 2.61 bits per heavy atom. The van der Waals surface area contributed by atoms with Gasteiger partial charge in [0.05, 0.1) is 32.6 Å². The second kappa shape index (κ2) is 8.09. The van der Waals surface area contributed by atoms with E-state index in [-0.39, 0.29) is 17.8 Å². The average molecular weight is 317 g/mol. The van der Waals surface area contributed by atoms with Crippen molar-refractivity contribution < 1.29 is 19.0 Å². The molecule has 7 nitrogen and oxygen atoms in total. The maximum absolute atomic E-state index is 12.5. The Labute approximate surface area is 134 Å². The molecule has 2 aromatic rings. The molecule has 0 unspecified atom stereocenters. The second-order valence-electron chi connectivity index (χ2n) is 4.65. The first-order valence-corrected chi connectivity index (χ1v) is 6.99. The second-order valence-corrected chi connectivity index (χ2v) is 4.65.